The molecule has 2 N–H and O–H groups in total. The van der Waals surface area contributed by atoms with Gasteiger partial charge in [0.1, 0.15) is 12.4 Å². The summed E-state index contributed by atoms with van der Waals surface area (Å²) < 4.78 is 7.73. The molecule has 2 aromatic rings. The van der Waals surface area contributed by atoms with E-state index in [4.69, 9.17) is 10.5 Å². The van der Waals surface area contributed by atoms with E-state index in [0.717, 1.165) is 31.5 Å². The number of anilines is 1. The van der Waals surface area contributed by atoms with Gasteiger partial charge in [0.25, 0.3) is 0 Å². The summed E-state index contributed by atoms with van der Waals surface area (Å²) in [6.45, 7) is 2.51. The second-order valence-electron chi connectivity index (χ2n) is 4.02. The fourth-order valence-corrected chi connectivity index (χ4v) is 2.31. The first-order valence-electron chi connectivity index (χ1n) is 5.50. The Bertz CT molecular complexity index is 568. The maximum atomic E-state index is 5.83. The number of nitrogens with two attached hydrogens (primary N) is 1. The molecule has 0 amide bonds. The van der Waals surface area contributed by atoms with Gasteiger partial charge < -0.3 is 10.5 Å². The first kappa shape index (κ1) is 13.4. The normalized spacial score (nSPS) is 10.4. The molecule has 4 heteroatoms. The van der Waals surface area contributed by atoms with Crippen molar-refractivity contribution < 1.29 is 4.74 Å². The third kappa shape index (κ3) is 3.06. The Labute approximate surface area is 123 Å². The van der Waals surface area contributed by atoms with Crippen LogP contribution in [-0.4, -0.2) is 0 Å². The molecule has 0 aliphatic rings. The molecule has 94 valence electrons. The maximum absolute atomic E-state index is 5.83. The van der Waals surface area contributed by atoms with Crippen LogP contribution in [0.5, 0.6) is 5.75 Å². The summed E-state index contributed by atoms with van der Waals surface area (Å²) >= 11 is 6.91. The van der Waals surface area contributed by atoms with Gasteiger partial charge in [-0.1, -0.05) is 34.1 Å². The Balaban J connectivity index is 2.16. The van der Waals surface area contributed by atoms with Crippen LogP contribution < -0.4 is 10.5 Å². The molecule has 0 aromatic heterocycles. The van der Waals surface area contributed by atoms with Crippen molar-refractivity contribution in [3.05, 3.63) is 56.5 Å². The molecule has 0 fully saturated rings. The van der Waals surface area contributed by atoms with Crippen molar-refractivity contribution >= 4 is 37.5 Å². The number of benzene rings is 2. The van der Waals surface area contributed by atoms with Gasteiger partial charge in [-0.15, -0.1) is 0 Å². The minimum absolute atomic E-state index is 0.489. The summed E-state index contributed by atoms with van der Waals surface area (Å²) in [5.74, 6) is 0.874. The SMILES string of the molecule is Cc1ccc(Br)cc1OCc1cccc(N)c1Br. The minimum Gasteiger partial charge on any atom is -0.489 e. The van der Waals surface area contributed by atoms with E-state index in [0.29, 0.717) is 6.61 Å². The Morgan fingerprint density at radius 3 is 2.72 bits per heavy atom. The number of nitrogen functional groups attached to an aromatic ring is 1. The highest BCUT2D eigenvalue weighted by Crippen LogP contribution is 2.27. The Kier molecular flexibility index (Phi) is 4.30. The van der Waals surface area contributed by atoms with Crippen LogP contribution in [0.4, 0.5) is 5.69 Å². The van der Waals surface area contributed by atoms with Crippen LogP contribution in [0, 0.1) is 6.92 Å². The van der Waals surface area contributed by atoms with Crippen molar-refractivity contribution in [1.29, 1.82) is 0 Å². The zero-order valence-electron chi connectivity index (χ0n) is 9.91. The molecule has 2 rings (SSSR count). The van der Waals surface area contributed by atoms with Gasteiger partial charge in [0, 0.05) is 20.2 Å². The van der Waals surface area contributed by atoms with E-state index in [1.165, 1.54) is 0 Å². The minimum atomic E-state index is 0.489. The lowest BCUT2D eigenvalue weighted by atomic mass is 10.2. The third-order valence-electron chi connectivity index (χ3n) is 2.64. The molecule has 0 unspecified atom stereocenters. The maximum Gasteiger partial charge on any atom is 0.123 e. The number of hydrogen-bond acceptors (Lipinski definition) is 2. The summed E-state index contributed by atoms with van der Waals surface area (Å²) in [5.41, 5.74) is 8.70. The first-order valence-corrected chi connectivity index (χ1v) is 7.08. The summed E-state index contributed by atoms with van der Waals surface area (Å²) in [4.78, 5) is 0. The number of rotatable bonds is 3. The van der Waals surface area contributed by atoms with Crippen LogP contribution in [0.25, 0.3) is 0 Å². The molecule has 0 saturated heterocycles. The molecule has 0 heterocycles. The standard InChI is InChI=1S/C14H13Br2NO/c1-9-5-6-11(15)7-13(9)18-8-10-3-2-4-12(17)14(10)16/h2-7H,8,17H2,1H3. The molecule has 0 bridgehead atoms. The zero-order valence-corrected chi connectivity index (χ0v) is 13.1. The molecule has 2 aromatic carbocycles. The largest absolute Gasteiger partial charge is 0.489 e. The van der Waals surface area contributed by atoms with Gasteiger partial charge in [-0.2, -0.15) is 0 Å². The fourth-order valence-electron chi connectivity index (χ4n) is 1.60. The van der Waals surface area contributed by atoms with Gasteiger partial charge >= 0.3 is 0 Å². The lowest BCUT2D eigenvalue weighted by Crippen LogP contribution is -1.99. The van der Waals surface area contributed by atoms with Gasteiger partial charge in [0.2, 0.25) is 0 Å². The molecule has 0 radical (unpaired) electrons. The first-order chi connectivity index (χ1) is 8.58. The van der Waals surface area contributed by atoms with Gasteiger partial charge in [0.15, 0.2) is 0 Å². The topological polar surface area (TPSA) is 35.2 Å². The van der Waals surface area contributed by atoms with E-state index in [1.54, 1.807) is 0 Å². The van der Waals surface area contributed by atoms with Crippen molar-refractivity contribution in [3.8, 4) is 5.75 Å². The second-order valence-corrected chi connectivity index (χ2v) is 5.73. The van der Waals surface area contributed by atoms with Crippen LogP contribution in [0.3, 0.4) is 0 Å². The molecule has 18 heavy (non-hydrogen) atoms. The molecular formula is C14H13Br2NO. The van der Waals surface area contributed by atoms with Crippen LogP contribution in [0.1, 0.15) is 11.1 Å². The number of ether oxygens (including phenoxy) is 1. The van der Waals surface area contributed by atoms with Crippen molar-refractivity contribution in [2.45, 2.75) is 13.5 Å². The van der Waals surface area contributed by atoms with Gasteiger partial charge in [0.05, 0.1) is 0 Å². The third-order valence-corrected chi connectivity index (χ3v) is 4.10. The van der Waals surface area contributed by atoms with E-state index in [-0.39, 0.29) is 0 Å². The summed E-state index contributed by atoms with van der Waals surface area (Å²) in [7, 11) is 0. The van der Waals surface area contributed by atoms with E-state index in [9.17, 15) is 0 Å². The predicted octanol–water partition coefficient (Wildman–Crippen LogP) is 4.68. The van der Waals surface area contributed by atoms with Crippen LogP contribution in [-0.2, 0) is 6.61 Å². The molecule has 0 atom stereocenters. The van der Waals surface area contributed by atoms with Gasteiger partial charge in [-0.05, 0) is 46.6 Å². The summed E-state index contributed by atoms with van der Waals surface area (Å²) in [6, 6.07) is 11.8. The van der Waals surface area contributed by atoms with E-state index < -0.39 is 0 Å². The molecule has 0 saturated carbocycles. The molecular weight excluding hydrogens is 358 g/mol. The Morgan fingerprint density at radius 2 is 1.94 bits per heavy atom. The number of hydrogen-bond donors (Lipinski definition) is 1. The molecule has 0 spiro atoms. The molecule has 0 aliphatic carbocycles. The highest BCUT2D eigenvalue weighted by atomic mass is 79.9. The van der Waals surface area contributed by atoms with Crippen LogP contribution in [0.15, 0.2) is 45.3 Å². The second kappa shape index (κ2) is 5.76. The van der Waals surface area contributed by atoms with Gasteiger partial charge in [-0.3, -0.25) is 0 Å². The van der Waals surface area contributed by atoms with Crippen molar-refractivity contribution in [1.82, 2.24) is 0 Å². The lowest BCUT2D eigenvalue weighted by Gasteiger charge is -2.11. The van der Waals surface area contributed by atoms with Crippen molar-refractivity contribution in [2.75, 3.05) is 5.73 Å². The summed E-state index contributed by atoms with van der Waals surface area (Å²) in [6.07, 6.45) is 0. The quantitative estimate of drug-likeness (QED) is 0.796. The highest BCUT2D eigenvalue weighted by Gasteiger charge is 2.05. The Morgan fingerprint density at radius 1 is 1.17 bits per heavy atom. The van der Waals surface area contributed by atoms with Crippen LogP contribution in [0.2, 0.25) is 0 Å². The average molecular weight is 371 g/mol. The molecule has 2 nitrogen and oxygen atoms in total. The van der Waals surface area contributed by atoms with Crippen molar-refractivity contribution in [3.63, 3.8) is 0 Å². The van der Waals surface area contributed by atoms with Crippen LogP contribution >= 0.6 is 31.9 Å². The van der Waals surface area contributed by atoms with E-state index >= 15 is 0 Å². The monoisotopic (exact) mass is 369 g/mol. The summed E-state index contributed by atoms with van der Waals surface area (Å²) in [5, 5.41) is 0. The number of halogens is 2. The smallest absolute Gasteiger partial charge is 0.123 e. The van der Waals surface area contributed by atoms with E-state index in [2.05, 4.69) is 31.9 Å². The zero-order chi connectivity index (χ0) is 13.1. The lowest BCUT2D eigenvalue weighted by molar-refractivity contribution is 0.303. The highest BCUT2D eigenvalue weighted by molar-refractivity contribution is 9.11. The van der Waals surface area contributed by atoms with Crippen molar-refractivity contribution in [2.24, 2.45) is 0 Å². The Hall–Kier alpha value is -1.00. The predicted molar refractivity (Wildman–Crippen MR) is 81.8 cm³/mol. The fraction of sp³-hybridized carbons (Fsp3) is 0.143. The number of aryl methyl sites for hydroxylation is 1. The van der Waals surface area contributed by atoms with E-state index in [1.807, 2.05) is 43.3 Å². The molecule has 0 aliphatic heterocycles. The average Bonchev–Trinajstić information content (AvgIpc) is 2.35. The van der Waals surface area contributed by atoms with Gasteiger partial charge in [-0.25, -0.2) is 0 Å².